The molecule has 1 aliphatic carbocycles. The van der Waals surface area contributed by atoms with Gasteiger partial charge in [-0.25, -0.2) is 0 Å². The molecule has 1 N–H and O–H groups in total. The Morgan fingerprint density at radius 1 is 1.50 bits per heavy atom. The monoisotopic (exact) mass is 239 g/mol. The Bertz CT molecular complexity index is 284. The second-order valence-electron chi connectivity index (χ2n) is 4.45. The zero-order valence-electron chi connectivity index (χ0n) is 9.95. The van der Waals surface area contributed by atoms with Crippen LogP contribution in [0.15, 0.2) is 23.0 Å². The summed E-state index contributed by atoms with van der Waals surface area (Å²) in [6, 6.07) is 2.74. The van der Waals surface area contributed by atoms with E-state index in [4.69, 9.17) is 4.42 Å². The van der Waals surface area contributed by atoms with Crippen molar-refractivity contribution in [3.63, 3.8) is 0 Å². The molecule has 2 rings (SSSR count). The summed E-state index contributed by atoms with van der Waals surface area (Å²) in [5.41, 5.74) is 1.25. The predicted molar refractivity (Wildman–Crippen MR) is 69.7 cm³/mol. The molecule has 0 amide bonds. The molecule has 1 fully saturated rings. The molecule has 90 valence electrons. The van der Waals surface area contributed by atoms with Crippen molar-refractivity contribution in [2.75, 3.05) is 5.75 Å². The van der Waals surface area contributed by atoms with E-state index in [1.54, 1.807) is 6.26 Å². The van der Waals surface area contributed by atoms with E-state index in [1.165, 1.54) is 37.0 Å². The standard InChI is InChI=1S/C13H21NOS/c1-2-16-13-5-3-4-12(8-13)14-9-11-6-7-15-10-11/h6-7,10,12-14H,2-5,8-9H2,1H3. The molecule has 1 saturated carbocycles. The van der Waals surface area contributed by atoms with E-state index in [-0.39, 0.29) is 0 Å². The Morgan fingerprint density at radius 2 is 2.44 bits per heavy atom. The minimum atomic E-state index is 0.702. The lowest BCUT2D eigenvalue weighted by atomic mass is 9.95. The van der Waals surface area contributed by atoms with Gasteiger partial charge in [0.05, 0.1) is 12.5 Å². The average Bonchev–Trinajstić information content (AvgIpc) is 2.80. The summed E-state index contributed by atoms with van der Waals surface area (Å²) < 4.78 is 5.07. The van der Waals surface area contributed by atoms with Crippen molar-refractivity contribution in [2.45, 2.75) is 50.4 Å². The van der Waals surface area contributed by atoms with Gasteiger partial charge in [0.2, 0.25) is 0 Å². The van der Waals surface area contributed by atoms with Crippen molar-refractivity contribution in [1.29, 1.82) is 0 Å². The van der Waals surface area contributed by atoms with Crippen LogP contribution in [0.25, 0.3) is 0 Å². The summed E-state index contributed by atoms with van der Waals surface area (Å²) in [6.07, 6.45) is 9.01. The smallest absolute Gasteiger partial charge is 0.0947 e. The largest absolute Gasteiger partial charge is 0.472 e. The molecule has 0 bridgehead atoms. The maximum absolute atomic E-state index is 5.07. The van der Waals surface area contributed by atoms with Crippen molar-refractivity contribution < 1.29 is 4.42 Å². The first-order chi connectivity index (χ1) is 7.88. The van der Waals surface area contributed by atoms with E-state index in [0.717, 1.165) is 11.8 Å². The minimum absolute atomic E-state index is 0.702. The molecular formula is C13H21NOS. The van der Waals surface area contributed by atoms with Crippen LogP contribution >= 0.6 is 11.8 Å². The van der Waals surface area contributed by atoms with Crippen LogP contribution in [-0.2, 0) is 6.54 Å². The molecule has 0 aliphatic heterocycles. The van der Waals surface area contributed by atoms with Crippen LogP contribution < -0.4 is 5.32 Å². The lowest BCUT2D eigenvalue weighted by molar-refractivity contribution is 0.379. The third kappa shape index (κ3) is 3.56. The van der Waals surface area contributed by atoms with Crippen LogP contribution in [0.3, 0.4) is 0 Å². The van der Waals surface area contributed by atoms with E-state index in [1.807, 2.05) is 12.3 Å². The van der Waals surface area contributed by atoms with Gasteiger partial charge in [-0.3, -0.25) is 0 Å². The van der Waals surface area contributed by atoms with Gasteiger partial charge in [-0.2, -0.15) is 11.8 Å². The molecule has 0 radical (unpaired) electrons. The minimum Gasteiger partial charge on any atom is -0.472 e. The van der Waals surface area contributed by atoms with Crippen molar-refractivity contribution in [3.05, 3.63) is 24.2 Å². The molecule has 3 heteroatoms. The number of furan rings is 1. The molecule has 2 nitrogen and oxygen atoms in total. The number of hydrogen-bond donors (Lipinski definition) is 1. The molecule has 2 unspecified atom stereocenters. The van der Waals surface area contributed by atoms with Crippen molar-refractivity contribution in [1.82, 2.24) is 5.32 Å². The molecule has 1 aliphatic rings. The van der Waals surface area contributed by atoms with Gasteiger partial charge in [0.15, 0.2) is 0 Å². The van der Waals surface area contributed by atoms with Crippen molar-refractivity contribution >= 4 is 11.8 Å². The van der Waals surface area contributed by atoms with Crippen LogP contribution in [0, 0.1) is 0 Å². The molecule has 0 aromatic carbocycles. The second-order valence-corrected chi connectivity index (χ2v) is 6.03. The fourth-order valence-electron chi connectivity index (χ4n) is 2.37. The maximum Gasteiger partial charge on any atom is 0.0947 e. The predicted octanol–water partition coefficient (Wildman–Crippen LogP) is 3.43. The number of hydrogen-bond acceptors (Lipinski definition) is 3. The van der Waals surface area contributed by atoms with Crippen molar-refractivity contribution in [3.8, 4) is 0 Å². The van der Waals surface area contributed by atoms with E-state index in [2.05, 4.69) is 24.0 Å². The summed E-state index contributed by atoms with van der Waals surface area (Å²) in [7, 11) is 0. The SMILES string of the molecule is CCSC1CCCC(NCc2ccoc2)C1. The van der Waals surface area contributed by atoms with Gasteiger partial charge in [-0.15, -0.1) is 0 Å². The van der Waals surface area contributed by atoms with Crippen LogP contribution in [0.1, 0.15) is 38.2 Å². The molecule has 0 saturated heterocycles. The van der Waals surface area contributed by atoms with Crippen molar-refractivity contribution in [2.24, 2.45) is 0 Å². The highest BCUT2D eigenvalue weighted by Crippen LogP contribution is 2.28. The van der Waals surface area contributed by atoms with Gasteiger partial charge in [0.25, 0.3) is 0 Å². The third-order valence-electron chi connectivity index (χ3n) is 3.20. The Hall–Kier alpha value is -0.410. The summed E-state index contributed by atoms with van der Waals surface area (Å²) in [5, 5.41) is 4.51. The average molecular weight is 239 g/mol. The molecule has 0 spiro atoms. The molecule has 16 heavy (non-hydrogen) atoms. The van der Waals surface area contributed by atoms with Gasteiger partial charge in [-0.1, -0.05) is 13.3 Å². The second kappa shape index (κ2) is 6.36. The Kier molecular flexibility index (Phi) is 4.79. The van der Waals surface area contributed by atoms with Crippen LogP contribution in [0.5, 0.6) is 0 Å². The Labute approximate surface area is 102 Å². The molecule has 1 aromatic heterocycles. The van der Waals surface area contributed by atoms with Gasteiger partial charge >= 0.3 is 0 Å². The third-order valence-corrected chi connectivity index (χ3v) is 4.44. The number of rotatable bonds is 5. The highest BCUT2D eigenvalue weighted by Gasteiger charge is 2.21. The van der Waals surface area contributed by atoms with Gasteiger partial charge in [-0.05, 0) is 31.1 Å². The topological polar surface area (TPSA) is 25.2 Å². The molecule has 1 aromatic rings. The van der Waals surface area contributed by atoms with E-state index in [9.17, 15) is 0 Å². The molecule has 1 heterocycles. The normalized spacial score (nSPS) is 25.8. The van der Waals surface area contributed by atoms with Gasteiger partial charge in [0, 0.05) is 23.4 Å². The summed E-state index contributed by atoms with van der Waals surface area (Å²) in [5.74, 6) is 1.25. The first kappa shape index (κ1) is 12.1. The summed E-state index contributed by atoms with van der Waals surface area (Å²) in [6.45, 7) is 3.21. The first-order valence-electron chi connectivity index (χ1n) is 6.24. The highest BCUT2D eigenvalue weighted by atomic mass is 32.2. The fraction of sp³-hybridized carbons (Fsp3) is 0.692. The Morgan fingerprint density at radius 3 is 3.19 bits per heavy atom. The lowest BCUT2D eigenvalue weighted by Crippen LogP contribution is -2.34. The van der Waals surface area contributed by atoms with Gasteiger partial charge < -0.3 is 9.73 Å². The van der Waals surface area contributed by atoms with Gasteiger partial charge in [0.1, 0.15) is 0 Å². The zero-order chi connectivity index (χ0) is 11.2. The van der Waals surface area contributed by atoms with Crippen LogP contribution in [0.2, 0.25) is 0 Å². The van der Waals surface area contributed by atoms with E-state index >= 15 is 0 Å². The van der Waals surface area contributed by atoms with Crippen LogP contribution in [-0.4, -0.2) is 17.0 Å². The Balaban J connectivity index is 1.72. The first-order valence-corrected chi connectivity index (χ1v) is 7.29. The molecule has 2 atom stereocenters. The van der Waals surface area contributed by atoms with Crippen LogP contribution in [0.4, 0.5) is 0 Å². The summed E-state index contributed by atoms with van der Waals surface area (Å²) in [4.78, 5) is 0. The lowest BCUT2D eigenvalue weighted by Gasteiger charge is -2.29. The fourth-order valence-corrected chi connectivity index (χ4v) is 3.55. The number of nitrogens with one attached hydrogen (secondary N) is 1. The maximum atomic E-state index is 5.07. The summed E-state index contributed by atoms with van der Waals surface area (Å²) >= 11 is 2.12. The van der Waals surface area contributed by atoms with E-state index in [0.29, 0.717) is 6.04 Å². The highest BCUT2D eigenvalue weighted by molar-refractivity contribution is 7.99. The zero-order valence-corrected chi connectivity index (χ0v) is 10.8. The quantitative estimate of drug-likeness (QED) is 0.852. The molecular weight excluding hydrogens is 218 g/mol. The van der Waals surface area contributed by atoms with E-state index < -0.39 is 0 Å². The number of thioether (sulfide) groups is 1.